The molecule has 1 amide bonds. The number of ether oxygens (including phenoxy) is 1. The molecule has 0 fully saturated rings. The summed E-state index contributed by atoms with van der Waals surface area (Å²) in [6.07, 6.45) is -0.391. The number of amides is 1. The second kappa shape index (κ2) is 7.94. The summed E-state index contributed by atoms with van der Waals surface area (Å²) >= 11 is 0. The van der Waals surface area contributed by atoms with Gasteiger partial charge in [0.15, 0.2) is 0 Å². The van der Waals surface area contributed by atoms with Gasteiger partial charge in [-0.2, -0.15) is 0 Å². The van der Waals surface area contributed by atoms with Crippen LogP contribution in [-0.4, -0.2) is 38.1 Å². The quantitative estimate of drug-likeness (QED) is 0.789. The number of anilines is 2. The first-order valence-corrected chi connectivity index (χ1v) is 11.0. The van der Waals surface area contributed by atoms with Gasteiger partial charge in [0.05, 0.1) is 11.4 Å². The Bertz CT molecular complexity index is 996. The predicted molar refractivity (Wildman–Crippen MR) is 114 cm³/mol. The minimum atomic E-state index is -3.70. The van der Waals surface area contributed by atoms with Crippen LogP contribution in [0.5, 0.6) is 0 Å². The zero-order valence-electron chi connectivity index (χ0n) is 17.2. The molecule has 0 aromatic heterocycles. The van der Waals surface area contributed by atoms with Crippen molar-refractivity contribution in [2.45, 2.75) is 44.7 Å². The highest BCUT2D eigenvalue weighted by molar-refractivity contribution is 7.92. The number of sulfonamides is 1. The number of hydrogen-bond acceptors (Lipinski definition) is 5. The number of carbonyl (C=O) groups excluding carboxylic acids is 1. The number of nitrogens with zero attached hydrogens (tertiary/aromatic N) is 1. The van der Waals surface area contributed by atoms with E-state index in [9.17, 15) is 13.2 Å². The molecule has 2 N–H and O–H groups in total. The van der Waals surface area contributed by atoms with Crippen molar-refractivity contribution in [2.75, 3.05) is 23.1 Å². The van der Waals surface area contributed by atoms with Crippen LogP contribution in [0.3, 0.4) is 0 Å². The van der Waals surface area contributed by atoms with Gasteiger partial charge in [-0.15, -0.1) is 0 Å². The van der Waals surface area contributed by atoms with Crippen LogP contribution in [0.4, 0.5) is 16.2 Å². The molecule has 7 nitrogen and oxygen atoms in total. The van der Waals surface area contributed by atoms with Gasteiger partial charge in [0.2, 0.25) is 0 Å². The first-order valence-electron chi connectivity index (χ1n) is 9.48. The molecule has 3 rings (SSSR count). The van der Waals surface area contributed by atoms with E-state index in [2.05, 4.69) is 10.0 Å². The summed E-state index contributed by atoms with van der Waals surface area (Å²) in [7, 11) is -3.70. The second-order valence-corrected chi connectivity index (χ2v) is 9.80. The maximum atomic E-state index is 12.7. The Morgan fingerprint density at radius 1 is 1.14 bits per heavy atom. The Labute approximate surface area is 172 Å². The minimum Gasteiger partial charge on any atom is -0.444 e. The van der Waals surface area contributed by atoms with Crippen LogP contribution in [0.2, 0.25) is 0 Å². The molecule has 1 aliphatic heterocycles. The third-order valence-electron chi connectivity index (χ3n) is 4.40. The number of aryl methyl sites for hydroxylation is 1. The summed E-state index contributed by atoms with van der Waals surface area (Å²) in [4.78, 5) is 14.3. The fraction of sp³-hybridized carbons (Fsp3) is 0.381. The first kappa shape index (κ1) is 21.0. The lowest BCUT2D eigenvalue weighted by molar-refractivity contribution is 0.0245. The summed E-state index contributed by atoms with van der Waals surface area (Å²) in [5.74, 6) is 0. The Morgan fingerprint density at radius 3 is 2.48 bits per heavy atom. The second-order valence-electron chi connectivity index (χ2n) is 8.12. The average Bonchev–Trinajstić information content (AvgIpc) is 2.82. The largest absolute Gasteiger partial charge is 0.444 e. The van der Waals surface area contributed by atoms with Crippen molar-refractivity contribution >= 4 is 27.5 Å². The normalized spacial score (nSPS) is 14.4. The SMILES string of the molecule is Cc1ccc(S(=O)(=O)Nc2ccc3c(c2)CN(C(=O)OC(C)(C)C)CCN3)cc1. The molecule has 2 aromatic rings. The third kappa shape index (κ3) is 5.41. The third-order valence-corrected chi connectivity index (χ3v) is 5.80. The van der Waals surface area contributed by atoms with Gasteiger partial charge in [0.1, 0.15) is 5.60 Å². The van der Waals surface area contributed by atoms with Crippen molar-refractivity contribution in [1.82, 2.24) is 4.90 Å². The van der Waals surface area contributed by atoms with Gasteiger partial charge in [-0.1, -0.05) is 17.7 Å². The van der Waals surface area contributed by atoms with E-state index in [4.69, 9.17) is 4.74 Å². The molecule has 0 saturated heterocycles. The van der Waals surface area contributed by atoms with Gasteiger partial charge in [-0.05, 0) is 63.6 Å². The molecular formula is C21H27N3O4S. The van der Waals surface area contributed by atoms with E-state index in [1.54, 1.807) is 41.3 Å². The lowest BCUT2D eigenvalue weighted by atomic mass is 10.1. The van der Waals surface area contributed by atoms with Crippen molar-refractivity contribution < 1.29 is 17.9 Å². The van der Waals surface area contributed by atoms with Crippen molar-refractivity contribution in [1.29, 1.82) is 0 Å². The molecule has 156 valence electrons. The molecular weight excluding hydrogens is 390 g/mol. The van der Waals surface area contributed by atoms with Crippen LogP contribution in [0.1, 0.15) is 31.9 Å². The zero-order chi connectivity index (χ0) is 21.2. The van der Waals surface area contributed by atoms with Crippen LogP contribution in [0, 0.1) is 6.92 Å². The molecule has 29 heavy (non-hydrogen) atoms. The summed E-state index contributed by atoms with van der Waals surface area (Å²) in [6.45, 7) is 8.79. The predicted octanol–water partition coefficient (Wildman–Crippen LogP) is 3.96. The van der Waals surface area contributed by atoms with Crippen molar-refractivity contribution in [3.63, 3.8) is 0 Å². The molecule has 0 atom stereocenters. The van der Waals surface area contributed by atoms with Crippen molar-refractivity contribution in [3.8, 4) is 0 Å². The smallest absolute Gasteiger partial charge is 0.410 e. The maximum absolute atomic E-state index is 12.7. The molecule has 2 aromatic carbocycles. The lowest BCUT2D eigenvalue weighted by Gasteiger charge is -2.26. The van der Waals surface area contributed by atoms with Crippen LogP contribution in [0.25, 0.3) is 0 Å². The number of hydrogen-bond donors (Lipinski definition) is 2. The van der Waals surface area contributed by atoms with Crippen LogP contribution in [0.15, 0.2) is 47.4 Å². The van der Waals surface area contributed by atoms with Crippen LogP contribution in [-0.2, 0) is 21.3 Å². The fourth-order valence-electron chi connectivity index (χ4n) is 2.98. The standard InChI is InChI=1S/C21H27N3O4S/c1-15-5-8-18(9-6-15)29(26,27)23-17-7-10-19-16(13-17)14-24(12-11-22-19)20(25)28-21(2,3)4/h5-10,13,22-23H,11-12,14H2,1-4H3. The number of fused-ring (bicyclic) bond motifs is 1. The van der Waals surface area contributed by atoms with Gasteiger partial charge >= 0.3 is 6.09 Å². The van der Waals surface area contributed by atoms with Gasteiger partial charge < -0.3 is 15.0 Å². The van der Waals surface area contributed by atoms with Crippen LogP contribution < -0.4 is 10.0 Å². The first-order chi connectivity index (χ1) is 13.5. The lowest BCUT2D eigenvalue weighted by Crippen LogP contribution is -2.37. The topological polar surface area (TPSA) is 87.7 Å². The Kier molecular flexibility index (Phi) is 5.75. The van der Waals surface area contributed by atoms with Gasteiger partial charge in [0.25, 0.3) is 10.0 Å². The number of nitrogens with one attached hydrogen (secondary N) is 2. The zero-order valence-corrected chi connectivity index (χ0v) is 18.0. The van der Waals surface area contributed by atoms with Gasteiger partial charge in [-0.25, -0.2) is 13.2 Å². The summed E-state index contributed by atoms with van der Waals surface area (Å²) in [5.41, 5.74) is 2.54. The summed E-state index contributed by atoms with van der Waals surface area (Å²) < 4.78 is 33.4. The molecule has 0 unspecified atom stereocenters. The van der Waals surface area contributed by atoms with E-state index in [1.807, 2.05) is 33.8 Å². The number of rotatable bonds is 3. The fourth-order valence-corrected chi connectivity index (χ4v) is 4.03. The molecule has 1 heterocycles. The highest BCUT2D eigenvalue weighted by Crippen LogP contribution is 2.26. The molecule has 0 radical (unpaired) electrons. The van der Waals surface area contributed by atoms with Crippen LogP contribution >= 0.6 is 0 Å². The van der Waals surface area contributed by atoms with E-state index >= 15 is 0 Å². The number of benzene rings is 2. The van der Waals surface area contributed by atoms with E-state index in [-0.39, 0.29) is 4.90 Å². The molecule has 0 spiro atoms. The molecule has 0 saturated carbocycles. The van der Waals surface area contributed by atoms with Crippen molar-refractivity contribution in [3.05, 3.63) is 53.6 Å². The van der Waals surface area contributed by atoms with E-state index in [0.29, 0.717) is 25.3 Å². The Balaban J connectivity index is 1.81. The van der Waals surface area contributed by atoms with Gasteiger partial charge in [0, 0.05) is 24.5 Å². The maximum Gasteiger partial charge on any atom is 0.410 e. The monoisotopic (exact) mass is 417 g/mol. The van der Waals surface area contributed by atoms with Crippen molar-refractivity contribution in [2.24, 2.45) is 0 Å². The summed E-state index contributed by atoms with van der Waals surface area (Å²) in [6, 6.07) is 11.9. The number of carbonyl (C=O) groups is 1. The van der Waals surface area contributed by atoms with E-state index in [1.165, 1.54) is 0 Å². The molecule has 0 aliphatic carbocycles. The molecule has 0 bridgehead atoms. The highest BCUT2D eigenvalue weighted by Gasteiger charge is 2.25. The Morgan fingerprint density at radius 2 is 1.83 bits per heavy atom. The Hall–Kier alpha value is -2.74. The highest BCUT2D eigenvalue weighted by atomic mass is 32.2. The minimum absolute atomic E-state index is 0.201. The molecule has 1 aliphatic rings. The van der Waals surface area contributed by atoms with E-state index in [0.717, 1.165) is 16.8 Å². The molecule has 8 heteroatoms. The van der Waals surface area contributed by atoms with Gasteiger partial charge in [-0.3, -0.25) is 4.72 Å². The average molecular weight is 418 g/mol. The summed E-state index contributed by atoms with van der Waals surface area (Å²) in [5, 5.41) is 3.27. The van der Waals surface area contributed by atoms with E-state index < -0.39 is 21.7 Å².